The van der Waals surface area contributed by atoms with E-state index in [1.54, 1.807) is 6.08 Å². The summed E-state index contributed by atoms with van der Waals surface area (Å²) in [5.41, 5.74) is 0. The van der Waals surface area contributed by atoms with Crippen molar-refractivity contribution in [3.63, 3.8) is 0 Å². The maximum Gasteiger partial charge on any atom is 0.220 e. The number of carbonyl (C=O) groups excluding carboxylic acids is 1. The zero-order valence-corrected chi connectivity index (χ0v) is 64.5. The van der Waals surface area contributed by atoms with Gasteiger partial charge in [0.05, 0.1) is 38.6 Å². The summed E-state index contributed by atoms with van der Waals surface area (Å²) in [6.45, 7) is 1.72. The first-order chi connectivity index (χ1) is 50.3. The molecule has 3 heterocycles. The number of hydrogen-bond acceptors (Lipinski definition) is 18. The Hall–Kier alpha value is -2.51. The lowest BCUT2D eigenvalue weighted by Crippen LogP contribution is -2.66. The van der Waals surface area contributed by atoms with Crippen LogP contribution in [0.1, 0.15) is 335 Å². The molecule has 602 valence electrons. The van der Waals surface area contributed by atoms with Crippen LogP contribution < -0.4 is 5.32 Å². The zero-order valence-electron chi connectivity index (χ0n) is 64.5. The zero-order chi connectivity index (χ0) is 74.6. The average molecular weight is 1470 g/mol. The fourth-order valence-corrected chi connectivity index (χ4v) is 14.0. The molecule has 0 aliphatic carbocycles. The van der Waals surface area contributed by atoms with Gasteiger partial charge >= 0.3 is 0 Å². The molecule has 0 aromatic rings. The standard InChI is InChI=1S/C84H153NO18/c1-3-5-7-9-11-13-15-17-19-21-22-23-24-25-26-27-28-29-30-31-32-33-34-35-36-37-38-39-40-41-42-43-44-46-48-50-52-54-56-58-60-62-72(90)85-67(68(89)61-59-57-55-53-51-49-47-45-20-18-16-14-12-10-8-6-4-2)66-98-82-78(96)75(93)80(70(64-87)100-82)103-84-79(97)76(94)81(71(65-88)101-84)102-83-77(95)74(92)73(91)69(63-86)99-83/h15,17,20-22,45,51,53,59,61,67-71,73-84,86-89,91-97H,3-14,16,18-19,23-44,46-50,52,54-58,60,62-66H2,1-2H3,(H,85,90)/b17-15-,22-21-,45-20+,53-51+,61-59+. The predicted molar refractivity (Wildman–Crippen MR) is 411 cm³/mol. The number of hydrogen-bond donors (Lipinski definition) is 12. The summed E-state index contributed by atoms with van der Waals surface area (Å²) < 4.78 is 34.4. The quantitative estimate of drug-likeness (QED) is 0.0199. The van der Waals surface area contributed by atoms with Crippen molar-refractivity contribution in [3.8, 4) is 0 Å². The number of allylic oxidation sites excluding steroid dienone is 9. The normalized spacial score (nSPS) is 26.3. The maximum absolute atomic E-state index is 13.5. The van der Waals surface area contributed by atoms with Crippen LogP contribution in [0.5, 0.6) is 0 Å². The van der Waals surface area contributed by atoms with Gasteiger partial charge in [0.2, 0.25) is 5.91 Å². The second-order valence-corrected chi connectivity index (χ2v) is 29.9. The van der Waals surface area contributed by atoms with E-state index in [1.165, 1.54) is 250 Å². The van der Waals surface area contributed by atoms with Crippen LogP contribution in [0.25, 0.3) is 0 Å². The lowest BCUT2D eigenvalue weighted by molar-refractivity contribution is -0.379. The molecular formula is C84H153NO18. The lowest BCUT2D eigenvalue weighted by Gasteiger charge is -2.48. The molecule has 0 aromatic heterocycles. The van der Waals surface area contributed by atoms with Crippen molar-refractivity contribution in [1.29, 1.82) is 0 Å². The summed E-state index contributed by atoms with van der Waals surface area (Å²) in [5.74, 6) is -0.285. The molecule has 19 nitrogen and oxygen atoms in total. The molecule has 12 N–H and O–H groups in total. The number of nitrogens with one attached hydrogen (secondary N) is 1. The van der Waals surface area contributed by atoms with Gasteiger partial charge in [-0.25, -0.2) is 0 Å². The van der Waals surface area contributed by atoms with Gasteiger partial charge in [0.25, 0.3) is 0 Å². The van der Waals surface area contributed by atoms with Gasteiger partial charge in [-0.15, -0.1) is 0 Å². The van der Waals surface area contributed by atoms with E-state index in [4.69, 9.17) is 28.4 Å². The van der Waals surface area contributed by atoms with Gasteiger partial charge in [-0.2, -0.15) is 0 Å². The maximum atomic E-state index is 13.5. The van der Waals surface area contributed by atoms with Crippen LogP contribution in [0.15, 0.2) is 60.8 Å². The van der Waals surface area contributed by atoms with Crippen LogP contribution in [-0.4, -0.2) is 193 Å². The number of amides is 1. The molecule has 3 rings (SSSR count). The van der Waals surface area contributed by atoms with E-state index in [2.05, 4.69) is 67.8 Å². The molecule has 103 heavy (non-hydrogen) atoms. The molecule has 0 aromatic carbocycles. The summed E-state index contributed by atoms with van der Waals surface area (Å²) in [4.78, 5) is 13.5. The number of aliphatic hydroxyl groups is 11. The lowest BCUT2D eigenvalue weighted by atomic mass is 9.96. The number of ether oxygens (including phenoxy) is 6. The van der Waals surface area contributed by atoms with Crippen molar-refractivity contribution < 1.29 is 89.4 Å². The minimum atomic E-state index is -1.98. The summed E-state index contributed by atoms with van der Waals surface area (Å²) in [6, 6.07) is -0.997. The second kappa shape index (κ2) is 64.3. The second-order valence-electron chi connectivity index (χ2n) is 29.9. The SMILES string of the molecule is CCCCCCC/C=C\C/C=C\CCCCCCCCCCCCCCCCCCCCCCCCCCCCCCCC(=O)NC(COC1OC(CO)C(OC2OC(CO)C(OC3OC(CO)C(O)C(O)C3O)C(O)C2O)C(O)C1O)C(O)/C=C/CC/C=C/CC/C=C/CCCCCCCCC. The number of carbonyl (C=O) groups is 1. The molecule has 3 fully saturated rings. The largest absolute Gasteiger partial charge is 0.394 e. The van der Waals surface area contributed by atoms with Gasteiger partial charge in [0.15, 0.2) is 18.9 Å². The van der Waals surface area contributed by atoms with Gasteiger partial charge < -0.3 is 89.9 Å². The number of rotatable bonds is 67. The van der Waals surface area contributed by atoms with Crippen LogP contribution in [0.2, 0.25) is 0 Å². The smallest absolute Gasteiger partial charge is 0.220 e. The Morgan fingerprint density at radius 1 is 0.350 bits per heavy atom. The van der Waals surface area contributed by atoms with E-state index in [0.717, 1.165) is 51.4 Å². The Labute approximate surface area is 624 Å². The molecule has 1 amide bonds. The highest BCUT2D eigenvalue weighted by Gasteiger charge is 2.54. The third-order valence-electron chi connectivity index (χ3n) is 20.8. The van der Waals surface area contributed by atoms with Crippen molar-refractivity contribution in [2.75, 3.05) is 26.4 Å². The molecule has 17 unspecified atom stereocenters. The Morgan fingerprint density at radius 2 is 0.650 bits per heavy atom. The predicted octanol–water partition coefficient (Wildman–Crippen LogP) is 14.6. The van der Waals surface area contributed by atoms with E-state index in [9.17, 15) is 61.0 Å². The van der Waals surface area contributed by atoms with Gasteiger partial charge in [0.1, 0.15) is 73.2 Å². The topological polar surface area (TPSA) is 307 Å². The minimum Gasteiger partial charge on any atom is -0.394 e. The summed E-state index contributed by atoms with van der Waals surface area (Å²) >= 11 is 0. The number of aliphatic hydroxyl groups excluding tert-OH is 11. The van der Waals surface area contributed by atoms with Gasteiger partial charge in [-0.1, -0.05) is 312 Å². The van der Waals surface area contributed by atoms with Gasteiger partial charge in [-0.3, -0.25) is 4.79 Å². The molecule has 17 atom stereocenters. The molecule has 3 aliphatic rings. The van der Waals surface area contributed by atoms with Gasteiger partial charge in [0, 0.05) is 6.42 Å². The fraction of sp³-hybridized carbons (Fsp3) is 0.869. The highest BCUT2D eigenvalue weighted by Crippen LogP contribution is 2.33. The van der Waals surface area contributed by atoms with Crippen LogP contribution in [0.3, 0.4) is 0 Å². The molecule has 0 saturated carbocycles. The third-order valence-corrected chi connectivity index (χ3v) is 20.8. The van der Waals surface area contributed by atoms with E-state index in [-0.39, 0.29) is 18.9 Å². The van der Waals surface area contributed by atoms with Crippen molar-refractivity contribution >= 4 is 5.91 Å². The molecular weight excluding hydrogens is 1310 g/mol. The summed E-state index contributed by atoms with van der Waals surface area (Å²) in [7, 11) is 0. The minimum absolute atomic E-state index is 0.235. The van der Waals surface area contributed by atoms with Crippen molar-refractivity contribution in [1.82, 2.24) is 5.32 Å². The Kier molecular flexibility index (Phi) is 59.1. The van der Waals surface area contributed by atoms with E-state index in [1.807, 2.05) is 6.08 Å². The monoisotopic (exact) mass is 1460 g/mol. The molecule has 0 bridgehead atoms. The number of unbranched alkanes of at least 4 members (excludes halogenated alkanes) is 43. The van der Waals surface area contributed by atoms with E-state index < -0.39 is 124 Å². The van der Waals surface area contributed by atoms with Crippen LogP contribution in [-0.2, 0) is 33.2 Å². The fourth-order valence-electron chi connectivity index (χ4n) is 14.0. The average Bonchev–Trinajstić information content (AvgIpc) is 0.782. The molecule has 3 aliphatic heterocycles. The molecule has 19 heteroatoms. The van der Waals surface area contributed by atoms with E-state index in [0.29, 0.717) is 12.8 Å². The summed E-state index contributed by atoms with van der Waals surface area (Å²) in [6.07, 6.45) is 56.8. The first-order valence-corrected chi connectivity index (χ1v) is 42.0. The highest BCUT2D eigenvalue weighted by atomic mass is 16.8. The third kappa shape index (κ3) is 44.1. The Morgan fingerprint density at radius 3 is 1.03 bits per heavy atom. The highest BCUT2D eigenvalue weighted by molar-refractivity contribution is 5.76. The summed E-state index contributed by atoms with van der Waals surface area (Å²) in [5, 5.41) is 121. The first kappa shape index (κ1) is 94.7. The van der Waals surface area contributed by atoms with Crippen molar-refractivity contribution in [2.24, 2.45) is 0 Å². The van der Waals surface area contributed by atoms with Crippen LogP contribution in [0.4, 0.5) is 0 Å². The molecule has 0 radical (unpaired) electrons. The Bertz CT molecular complexity index is 2090. The first-order valence-electron chi connectivity index (χ1n) is 42.0. The van der Waals surface area contributed by atoms with Crippen LogP contribution >= 0.6 is 0 Å². The van der Waals surface area contributed by atoms with Crippen molar-refractivity contribution in [3.05, 3.63) is 60.8 Å². The molecule has 3 saturated heterocycles. The van der Waals surface area contributed by atoms with Crippen LogP contribution in [0, 0.1) is 0 Å². The Balaban J connectivity index is 1.29. The van der Waals surface area contributed by atoms with E-state index >= 15 is 0 Å². The van der Waals surface area contributed by atoms with Crippen molar-refractivity contribution in [2.45, 2.75) is 439 Å². The molecule has 0 spiro atoms. The van der Waals surface area contributed by atoms with Gasteiger partial charge in [-0.05, 0) is 77.0 Å².